The summed E-state index contributed by atoms with van der Waals surface area (Å²) in [5.74, 6) is -0.151. The van der Waals surface area contributed by atoms with E-state index in [-0.39, 0.29) is 17.8 Å². The highest BCUT2D eigenvalue weighted by molar-refractivity contribution is 8.00. The molecule has 1 unspecified atom stereocenters. The van der Waals surface area contributed by atoms with Crippen LogP contribution < -0.4 is 20.1 Å². The summed E-state index contributed by atoms with van der Waals surface area (Å²) < 4.78 is 16.0. The van der Waals surface area contributed by atoms with Crippen LogP contribution in [0.4, 0.5) is 11.4 Å². The number of unbranched alkanes of at least 4 members (excludes halogenated alkanes) is 1. The number of nitrogens with one attached hydrogen (secondary N) is 2. The van der Waals surface area contributed by atoms with E-state index >= 15 is 0 Å². The molecular weight excluding hydrogens is 564 g/mol. The lowest BCUT2D eigenvalue weighted by atomic mass is 10.1. The molecule has 0 aromatic heterocycles. The Balaban J connectivity index is 1.45. The van der Waals surface area contributed by atoms with E-state index in [1.807, 2.05) is 49.4 Å². The number of ether oxygens (including phenoxy) is 3. The molecule has 0 heterocycles. The second kappa shape index (κ2) is 15.5. The van der Waals surface area contributed by atoms with Gasteiger partial charge in [-0.05, 0) is 72.6 Å². The van der Waals surface area contributed by atoms with E-state index in [0.29, 0.717) is 40.6 Å². The summed E-state index contributed by atoms with van der Waals surface area (Å²) in [6.45, 7) is 2.41. The van der Waals surface area contributed by atoms with Gasteiger partial charge in [0, 0.05) is 16.3 Å². The van der Waals surface area contributed by atoms with Gasteiger partial charge in [0.05, 0.1) is 26.4 Å². The maximum Gasteiger partial charge on any atom is 0.338 e. The topological polar surface area (TPSA) is 103 Å². The molecule has 0 aliphatic rings. The zero-order valence-corrected chi connectivity index (χ0v) is 25.1. The van der Waals surface area contributed by atoms with Crippen LogP contribution in [0.5, 0.6) is 11.5 Å². The number of anilines is 2. The fourth-order valence-electron chi connectivity index (χ4n) is 4.21. The monoisotopic (exact) mass is 598 g/mol. The average Bonchev–Trinajstić information content (AvgIpc) is 3.04. The molecule has 8 nitrogen and oxygen atoms in total. The number of carbonyl (C=O) groups is 3. The standard InChI is InChI=1S/C34H34N2O6S/c1-4-5-22-42-34(39)24-14-16-25(17-15-24)36-33(38)31(23-10-7-6-8-11-23)43-27-20-18-26(19-21-27)35-32(37)30-28(40-2)12-9-13-29(30)41-3/h6-21,31H,4-5,22H2,1-3H3,(H,35,37)(H,36,38). The molecule has 0 saturated carbocycles. The van der Waals surface area contributed by atoms with Crippen LogP contribution in [-0.4, -0.2) is 38.6 Å². The number of methoxy groups -OCH3 is 2. The van der Waals surface area contributed by atoms with E-state index in [4.69, 9.17) is 14.2 Å². The molecule has 0 aliphatic carbocycles. The van der Waals surface area contributed by atoms with Gasteiger partial charge in [0.25, 0.3) is 5.91 Å². The minimum Gasteiger partial charge on any atom is -0.496 e. The van der Waals surface area contributed by atoms with Gasteiger partial charge in [0.1, 0.15) is 22.3 Å². The van der Waals surface area contributed by atoms with E-state index < -0.39 is 5.25 Å². The minimum atomic E-state index is -0.557. The second-order valence-electron chi connectivity index (χ2n) is 9.48. The van der Waals surface area contributed by atoms with Crippen molar-refractivity contribution in [3.05, 3.63) is 114 Å². The number of benzene rings is 4. The predicted molar refractivity (Wildman–Crippen MR) is 169 cm³/mol. The first-order valence-electron chi connectivity index (χ1n) is 13.9. The summed E-state index contributed by atoms with van der Waals surface area (Å²) in [5.41, 5.74) is 2.71. The molecule has 2 amide bonds. The van der Waals surface area contributed by atoms with Gasteiger partial charge in [0.2, 0.25) is 5.91 Å². The van der Waals surface area contributed by atoms with E-state index in [1.165, 1.54) is 26.0 Å². The molecule has 0 spiro atoms. The number of thioether (sulfide) groups is 1. The molecule has 43 heavy (non-hydrogen) atoms. The molecule has 0 aliphatic heterocycles. The van der Waals surface area contributed by atoms with Crippen LogP contribution >= 0.6 is 11.8 Å². The third kappa shape index (κ3) is 8.39. The largest absolute Gasteiger partial charge is 0.496 e. The Bertz CT molecular complexity index is 1500. The molecule has 0 bridgehead atoms. The van der Waals surface area contributed by atoms with Crippen LogP contribution in [0.2, 0.25) is 0 Å². The lowest BCUT2D eigenvalue weighted by Crippen LogP contribution is -2.19. The lowest BCUT2D eigenvalue weighted by Gasteiger charge is -2.18. The van der Waals surface area contributed by atoms with Gasteiger partial charge in [-0.25, -0.2) is 4.79 Å². The molecular formula is C34H34N2O6S. The Morgan fingerprint density at radius 2 is 1.35 bits per heavy atom. The maximum absolute atomic E-state index is 13.5. The molecule has 222 valence electrons. The summed E-state index contributed by atoms with van der Waals surface area (Å²) in [6.07, 6.45) is 1.76. The first-order valence-corrected chi connectivity index (χ1v) is 14.7. The lowest BCUT2D eigenvalue weighted by molar-refractivity contribution is -0.115. The van der Waals surface area contributed by atoms with Gasteiger partial charge < -0.3 is 24.8 Å². The maximum atomic E-state index is 13.5. The predicted octanol–water partition coefficient (Wildman–Crippen LogP) is 7.39. The Labute approximate surface area is 255 Å². The Kier molecular flexibility index (Phi) is 11.2. The highest BCUT2D eigenvalue weighted by Crippen LogP contribution is 2.37. The van der Waals surface area contributed by atoms with Crippen LogP contribution in [-0.2, 0) is 9.53 Å². The summed E-state index contributed by atoms with van der Waals surface area (Å²) in [7, 11) is 2.99. The molecule has 0 saturated heterocycles. The van der Waals surface area contributed by atoms with Gasteiger partial charge in [-0.2, -0.15) is 0 Å². The molecule has 0 radical (unpaired) electrons. The fourth-order valence-corrected chi connectivity index (χ4v) is 5.24. The van der Waals surface area contributed by atoms with Crippen LogP contribution in [0, 0.1) is 0 Å². The van der Waals surface area contributed by atoms with Crippen molar-refractivity contribution in [3.8, 4) is 11.5 Å². The average molecular weight is 599 g/mol. The van der Waals surface area contributed by atoms with Crippen molar-refractivity contribution in [1.29, 1.82) is 0 Å². The zero-order chi connectivity index (χ0) is 30.6. The van der Waals surface area contributed by atoms with Gasteiger partial charge in [0.15, 0.2) is 0 Å². The third-order valence-corrected chi connectivity index (χ3v) is 7.75. The first kappa shape index (κ1) is 31.2. The van der Waals surface area contributed by atoms with Crippen molar-refractivity contribution < 1.29 is 28.6 Å². The SMILES string of the molecule is CCCCOC(=O)c1ccc(NC(=O)C(Sc2ccc(NC(=O)c3c(OC)cccc3OC)cc2)c2ccccc2)cc1. The quantitative estimate of drug-likeness (QED) is 0.0940. The highest BCUT2D eigenvalue weighted by atomic mass is 32.2. The molecule has 4 aromatic carbocycles. The van der Waals surface area contributed by atoms with Crippen molar-refractivity contribution in [2.24, 2.45) is 0 Å². The van der Waals surface area contributed by atoms with Crippen LogP contribution in [0.3, 0.4) is 0 Å². The van der Waals surface area contributed by atoms with Gasteiger partial charge in [-0.3, -0.25) is 9.59 Å². The van der Waals surface area contributed by atoms with Gasteiger partial charge >= 0.3 is 5.97 Å². The van der Waals surface area contributed by atoms with Crippen LogP contribution in [0.15, 0.2) is 102 Å². The van der Waals surface area contributed by atoms with E-state index in [1.54, 1.807) is 54.6 Å². The molecule has 1 atom stereocenters. The van der Waals surface area contributed by atoms with Gasteiger partial charge in [-0.1, -0.05) is 49.7 Å². The Hall–Kier alpha value is -4.76. The van der Waals surface area contributed by atoms with Crippen molar-refractivity contribution in [1.82, 2.24) is 0 Å². The Morgan fingerprint density at radius 1 is 0.744 bits per heavy atom. The number of carbonyl (C=O) groups excluding carboxylic acids is 3. The van der Waals surface area contributed by atoms with E-state index in [2.05, 4.69) is 10.6 Å². The summed E-state index contributed by atoms with van der Waals surface area (Å²) in [5, 5.41) is 5.29. The molecule has 0 fully saturated rings. The number of hydrogen-bond donors (Lipinski definition) is 2. The number of esters is 1. The highest BCUT2D eigenvalue weighted by Gasteiger charge is 2.23. The van der Waals surface area contributed by atoms with Crippen molar-refractivity contribution in [2.75, 3.05) is 31.5 Å². The zero-order valence-electron chi connectivity index (χ0n) is 24.3. The van der Waals surface area contributed by atoms with E-state index in [0.717, 1.165) is 23.3 Å². The Morgan fingerprint density at radius 3 is 1.95 bits per heavy atom. The molecule has 2 N–H and O–H groups in total. The summed E-state index contributed by atoms with van der Waals surface area (Å²) in [6, 6.07) is 28.5. The van der Waals surface area contributed by atoms with E-state index in [9.17, 15) is 14.4 Å². The van der Waals surface area contributed by atoms with Crippen LogP contribution in [0.25, 0.3) is 0 Å². The van der Waals surface area contributed by atoms with Crippen LogP contribution in [0.1, 0.15) is 51.3 Å². The number of hydrogen-bond acceptors (Lipinski definition) is 7. The molecule has 4 rings (SSSR count). The van der Waals surface area contributed by atoms with Crippen molar-refractivity contribution >= 4 is 40.9 Å². The summed E-state index contributed by atoms with van der Waals surface area (Å²) >= 11 is 1.39. The number of rotatable bonds is 13. The number of amides is 2. The smallest absolute Gasteiger partial charge is 0.338 e. The molecule has 9 heteroatoms. The normalized spacial score (nSPS) is 11.2. The van der Waals surface area contributed by atoms with Crippen molar-refractivity contribution in [3.63, 3.8) is 0 Å². The second-order valence-corrected chi connectivity index (χ2v) is 10.7. The third-order valence-electron chi connectivity index (χ3n) is 6.48. The molecule has 4 aromatic rings. The van der Waals surface area contributed by atoms with Crippen molar-refractivity contribution in [2.45, 2.75) is 29.9 Å². The summed E-state index contributed by atoms with van der Waals surface area (Å²) in [4.78, 5) is 39.6. The first-order chi connectivity index (χ1) is 20.9. The fraction of sp³-hybridized carbons (Fsp3) is 0.206. The van der Waals surface area contributed by atoms with Gasteiger partial charge in [-0.15, -0.1) is 11.8 Å². The minimum absolute atomic E-state index is 0.213.